The summed E-state index contributed by atoms with van der Waals surface area (Å²) in [6, 6.07) is 0. The second-order valence-corrected chi connectivity index (χ2v) is 0.985. The van der Waals surface area contributed by atoms with Crippen LogP contribution in [0.5, 0.6) is 0 Å². The van der Waals surface area contributed by atoms with Crippen molar-refractivity contribution in [2.24, 2.45) is 0 Å². The predicted molar refractivity (Wildman–Crippen MR) is 23.5 cm³/mol. The van der Waals surface area contributed by atoms with E-state index in [4.69, 9.17) is 12.0 Å². The molecule has 0 spiro atoms. The number of hydrogen-bond donors (Lipinski definition) is 2. The van der Waals surface area contributed by atoms with E-state index in [0.29, 0.717) is 0 Å². The summed E-state index contributed by atoms with van der Waals surface area (Å²) in [5.41, 5.74) is 0. The summed E-state index contributed by atoms with van der Waals surface area (Å²) in [7, 11) is 0. The summed E-state index contributed by atoms with van der Waals surface area (Å²) in [4.78, 5) is 0. The molecule has 36 valence electrons. The van der Waals surface area contributed by atoms with Crippen LogP contribution >= 0.6 is 0 Å². The summed E-state index contributed by atoms with van der Waals surface area (Å²) in [6.45, 7) is -2.87. The van der Waals surface area contributed by atoms with Crippen molar-refractivity contribution in [3.05, 3.63) is 0 Å². The lowest BCUT2D eigenvalue weighted by Crippen LogP contribution is -2.11. The SMILES string of the molecule is [2H]C1NC([2H])C([2H])(O)C1([2H])[2H]. The Morgan fingerprint density at radius 2 is 3.00 bits per heavy atom. The van der Waals surface area contributed by atoms with Gasteiger partial charge in [0, 0.05) is 12.0 Å². The van der Waals surface area contributed by atoms with E-state index in [1.54, 1.807) is 0 Å². The predicted octanol–water partition coefficient (Wildman–Crippen LogP) is -0.659. The first-order chi connectivity index (χ1) is 4.80. The third-order valence-corrected chi connectivity index (χ3v) is 0.523. The molecule has 2 N–H and O–H groups in total. The fourth-order valence-corrected chi connectivity index (χ4v) is 0.278. The van der Waals surface area contributed by atoms with Crippen LogP contribution in [0.15, 0.2) is 0 Å². The minimum Gasteiger partial charge on any atom is -0.392 e. The molecule has 0 radical (unpaired) electrons. The van der Waals surface area contributed by atoms with Crippen molar-refractivity contribution >= 4 is 0 Å². The minimum atomic E-state index is -2.53. The number of nitrogens with one attached hydrogen (secondary N) is 1. The van der Waals surface area contributed by atoms with Gasteiger partial charge in [0.1, 0.15) is 0 Å². The lowest BCUT2D eigenvalue weighted by atomic mass is 10.3. The Hall–Kier alpha value is -0.0800. The van der Waals surface area contributed by atoms with Gasteiger partial charge in [0.2, 0.25) is 0 Å². The van der Waals surface area contributed by atoms with Crippen molar-refractivity contribution < 1.29 is 12.0 Å². The fourth-order valence-electron chi connectivity index (χ4n) is 0.278. The first-order valence-corrected chi connectivity index (χ1v) is 1.63. The second kappa shape index (κ2) is 1.58. The Bertz CT molecular complexity index is 154. The van der Waals surface area contributed by atoms with Crippen LogP contribution in [-0.4, -0.2) is 24.2 Å². The molecule has 2 heteroatoms. The maximum absolute atomic E-state index is 9.08. The zero-order valence-corrected chi connectivity index (χ0v) is 3.10. The van der Waals surface area contributed by atoms with Gasteiger partial charge in [-0.15, -0.1) is 0 Å². The Morgan fingerprint density at radius 1 is 2.17 bits per heavy atom. The van der Waals surface area contributed by atoms with Gasteiger partial charge in [0.15, 0.2) is 0 Å². The number of aliphatic hydroxyl groups is 1. The normalized spacial score (nSPS) is 91.8. The molecule has 3 unspecified atom stereocenters. The van der Waals surface area contributed by atoms with Gasteiger partial charge in [-0.3, -0.25) is 0 Å². The van der Waals surface area contributed by atoms with Crippen LogP contribution in [-0.2, 0) is 0 Å². The lowest BCUT2D eigenvalue weighted by Gasteiger charge is -1.90. The van der Waals surface area contributed by atoms with Gasteiger partial charge in [-0.2, -0.15) is 0 Å². The maximum atomic E-state index is 9.08. The van der Waals surface area contributed by atoms with E-state index in [2.05, 4.69) is 5.32 Å². The Morgan fingerprint density at radius 3 is 3.17 bits per heavy atom. The molecule has 0 aliphatic carbocycles. The molecule has 2 nitrogen and oxygen atoms in total. The van der Waals surface area contributed by atoms with E-state index in [1.807, 2.05) is 0 Å². The monoisotopic (exact) mass is 92.1 g/mol. The van der Waals surface area contributed by atoms with Crippen molar-refractivity contribution in [3.63, 3.8) is 0 Å². The highest BCUT2D eigenvalue weighted by atomic mass is 16.3. The number of β-amino-alcohol motifs (C(OH)–C–C–N with tert-alkyl or cyclic N) is 1. The van der Waals surface area contributed by atoms with Crippen LogP contribution in [0.1, 0.15) is 13.2 Å². The van der Waals surface area contributed by atoms with Crippen molar-refractivity contribution in [1.29, 1.82) is 0 Å². The topological polar surface area (TPSA) is 32.3 Å². The van der Waals surface area contributed by atoms with E-state index in [1.165, 1.54) is 0 Å². The smallest absolute Gasteiger partial charge is 0.0676 e. The first-order valence-electron chi connectivity index (χ1n) is 4.28. The summed E-state index contributed by atoms with van der Waals surface area (Å²) < 4.78 is 35.3. The zero-order chi connectivity index (χ0) is 8.86. The minimum absolute atomic E-state index is 1.41. The molecule has 1 saturated heterocycles. The van der Waals surface area contributed by atoms with Gasteiger partial charge in [0.25, 0.3) is 0 Å². The highest BCUT2D eigenvalue weighted by molar-refractivity contribution is 4.67. The third kappa shape index (κ3) is 0.698. The Balaban J connectivity index is 2.95. The molecule has 0 bridgehead atoms. The molecule has 1 heterocycles. The van der Waals surface area contributed by atoms with E-state index in [9.17, 15) is 0 Å². The van der Waals surface area contributed by atoms with Crippen molar-refractivity contribution in [1.82, 2.24) is 5.32 Å². The molecular formula is C4H9NO. The Kier molecular flexibility index (Phi) is 0.316. The summed E-state index contributed by atoms with van der Waals surface area (Å²) >= 11 is 0. The van der Waals surface area contributed by atoms with Gasteiger partial charge >= 0.3 is 0 Å². The van der Waals surface area contributed by atoms with Crippen LogP contribution in [0.2, 0.25) is 0 Å². The van der Waals surface area contributed by atoms with Crippen LogP contribution in [0, 0.1) is 0 Å². The van der Waals surface area contributed by atoms with Crippen LogP contribution < -0.4 is 5.32 Å². The van der Waals surface area contributed by atoms with Gasteiger partial charge in [-0.05, 0) is 12.9 Å². The van der Waals surface area contributed by atoms with E-state index in [0.717, 1.165) is 0 Å². The molecule has 0 aromatic heterocycles. The summed E-state index contributed by atoms with van der Waals surface area (Å²) in [5, 5.41) is 11.2. The summed E-state index contributed by atoms with van der Waals surface area (Å²) in [5.74, 6) is 0. The molecular weight excluding hydrogens is 78.0 g/mol. The van der Waals surface area contributed by atoms with Crippen LogP contribution in [0.4, 0.5) is 0 Å². The molecule has 0 amide bonds. The molecule has 0 aromatic carbocycles. The van der Waals surface area contributed by atoms with Gasteiger partial charge < -0.3 is 10.4 Å². The second-order valence-electron chi connectivity index (χ2n) is 0.985. The van der Waals surface area contributed by atoms with E-state index >= 15 is 0 Å². The van der Waals surface area contributed by atoms with Gasteiger partial charge in [0.05, 0.1) is 7.45 Å². The molecule has 1 aliphatic heterocycles. The average molecular weight is 92.2 g/mol. The molecule has 3 atom stereocenters. The molecule has 6 heavy (non-hydrogen) atoms. The number of hydrogen-bond acceptors (Lipinski definition) is 2. The van der Waals surface area contributed by atoms with Crippen molar-refractivity contribution in [3.8, 4) is 0 Å². The zero-order valence-electron chi connectivity index (χ0n) is 8.10. The third-order valence-electron chi connectivity index (χ3n) is 0.523. The van der Waals surface area contributed by atoms with Crippen LogP contribution in [0.3, 0.4) is 0 Å². The van der Waals surface area contributed by atoms with E-state index in [-0.39, 0.29) is 0 Å². The molecule has 1 rings (SSSR count). The quantitative estimate of drug-likeness (QED) is 0.416. The molecule has 0 aromatic rings. The largest absolute Gasteiger partial charge is 0.392 e. The lowest BCUT2D eigenvalue weighted by molar-refractivity contribution is 0.196. The fraction of sp³-hybridized carbons (Fsp3) is 1.00. The molecule has 1 fully saturated rings. The van der Waals surface area contributed by atoms with Gasteiger partial charge in [-0.25, -0.2) is 0 Å². The molecule has 1 aliphatic rings. The molecule has 0 saturated carbocycles. The highest BCUT2D eigenvalue weighted by Crippen LogP contribution is 1.93. The summed E-state index contributed by atoms with van der Waals surface area (Å²) in [6.07, 6.45) is -4.92. The first kappa shape index (κ1) is 1.20. The maximum Gasteiger partial charge on any atom is 0.0676 e. The average Bonchev–Trinajstić information content (AvgIpc) is 1.95. The number of rotatable bonds is 0. The van der Waals surface area contributed by atoms with Crippen molar-refractivity contribution in [2.75, 3.05) is 13.0 Å². The Labute approximate surface area is 44.2 Å². The van der Waals surface area contributed by atoms with Crippen molar-refractivity contribution in [2.45, 2.75) is 12.5 Å². The van der Waals surface area contributed by atoms with Gasteiger partial charge in [-0.1, -0.05) is 0 Å². The van der Waals surface area contributed by atoms with Crippen LogP contribution in [0.25, 0.3) is 0 Å². The highest BCUT2D eigenvalue weighted by Gasteiger charge is 2.08. The van der Waals surface area contributed by atoms with E-state index < -0.39 is 25.5 Å². The standard InChI is InChI=1S/C4H9NO/c6-4-1-2-5-3-4/h4-6H,1-3H2/i1D2,2D,3D,4D.